The highest BCUT2D eigenvalue weighted by molar-refractivity contribution is 6.01. The van der Waals surface area contributed by atoms with Gasteiger partial charge in [-0.25, -0.2) is 0 Å². The van der Waals surface area contributed by atoms with Crippen molar-refractivity contribution in [3.8, 4) is 0 Å². The van der Waals surface area contributed by atoms with E-state index in [1.165, 1.54) is 6.20 Å². The lowest BCUT2D eigenvalue weighted by Crippen LogP contribution is -2.51. The van der Waals surface area contributed by atoms with Gasteiger partial charge in [-0.05, 0) is 20.0 Å². The second kappa shape index (κ2) is 5.18. The third-order valence-corrected chi connectivity index (χ3v) is 3.19. The maximum absolute atomic E-state index is 8.81. The molecule has 2 heterocycles. The van der Waals surface area contributed by atoms with Crippen LogP contribution in [0, 0.1) is 0 Å². The van der Waals surface area contributed by atoms with E-state index in [4.69, 9.17) is 10.9 Å². The molecule has 18 heavy (non-hydrogen) atoms. The summed E-state index contributed by atoms with van der Waals surface area (Å²) in [5.41, 5.74) is 6.28. The number of rotatable bonds is 2. The first kappa shape index (κ1) is 12.6. The minimum atomic E-state index is 0.0611. The lowest BCUT2D eigenvalue weighted by Gasteiger charge is -2.39. The first-order valence-corrected chi connectivity index (χ1v) is 5.88. The highest BCUT2D eigenvalue weighted by atomic mass is 16.4. The Hall–Kier alpha value is -1.89. The molecule has 1 atom stereocenters. The SMILES string of the molecule is CC1CN(C)CCN1c1nnccc1/C(N)=N/O. The van der Waals surface area contributed by atoms with Gasteiger partial charge in [0.2, 0.25) is 0 Å². The topological polar surface area (TPSA) is 90.9 Å². The number of hydrogen-bond donors (Lipinski definition) is 2. The van der Waals surface area contributed by atoms with E-state index in [-0.39, 0.29) is 5.84 Å². The van der Waals surface area contributed by atoms with Crippen LogP contribution in [-0.2, 0) is 0 Å². The summed E-state index contributed by atoms with van der Waals surface area (Å²) >= 11 is 0. The van der Waals surface area contributed by atoms with Gasteiger partial charge in [0.15, 0.2) is 11.7 Å². The number of nitrogens with two attached hydrogens (primary N) is 1. The normalized spacial score (nSPS) is 22.2. The van der Waals surface area contributed by atoms with E-state index in [2.05, 4.69) is 39.1 Å². The van der Waals surface area contributed by atoms with E-state index in [1.54, 1.807) is 6.07 Å². The van der Waals surface area contributed by atoms with Crippen molar-refractivity contribution in [2.75, 3.05) is 31.6 Å². The fourth-order valence-electron chi connectivity index (χ4n) is 2.24. The number of likely N-dealkylation sites (N-methyl/N-ethyl adjacent to an activating group) is 1. The molecule has 0 aromatic carbocycles. The maximum Gasteiger partial charge on any atom is 0.173 e. The summed E-state index contributed by atoms with van der Waals surface area (Å²) < 4.78 is 0. The summed E-state index contributed by atoms with van der Waals surface area (Å²) in [6.07, 6.45) is 1.54. The number of hydrogen-bond acceptors (Lipinski definition) is 6. The van der Waals surface area contributed by atoms with Gasteiger partial charge in [-0.2, -0.15) is 5.10 Å². The van der Waals surface area contributed by atoms with Gasteiger partial charge in [0, 0.05) is 25.7 Å². The molecule has 1 aromatic heterocycles. The van der Waals surface area contributed by atoms with Crippen LogP contribution in [0.25, 0.3) is 0 Å². The molecular formula is C11H18N6O. The summed E-state index contributed by atoms with van der Waals surface area (Å²) in [5.74, 6) is 0.736. The van der Waals surface area contributed by atoms with E-state index in [9.17, 15) is 0 Å². The molecule has 0 bridgehead atoms. The summed E-state index contributed by atoms with van der Waals surface area (Å²) in [5, 5.41) is 19.9. The molecule has 0 saturated carbocycles. The molecule has 98 valence electrons. The molecule has 2 rings (SSSR count). The number of nitrogens with zero attached hydrogens (tertiary/aromatic N) is 5. The minimum absolute atomic E-state index is 0.0611. The minimum Gasteiger partial charge on any atom is -0.409 e. The van der Waals surface area contributed by atoms with Gasteiger partial charge in [-0.15, -0.1) is 5.10 Å². The van der Waals surface area contributed by atoms with Crippen molar-refractivity contribution in [3.63, 3.8) is 0 Å². The van der Waals surface area contributed by atoms with Crippen LogP contribution in [-0.4, -0.2) is 58.9 Å². The third kappa shape index (κ3) is 2.35. The van der Waals surface area contributed by atoms with Crippen LogP contribution in [0.5, 0.6) is 0 Å². The number of piperazine rings is 1. The number of anilines is 1. The molecule has 1 fully saturated rings. The van der Waals surface area contributed by atoms with Crippen molar-refractivity contribution in [2.45, 2.75) is 13.0 Å². The van der Waals surface area contributed by atoms with Crippen LogP contribution in [0.2, 0.25) is 0 Å². The zero-order valence-electron chi connectivity index (χ0n) is 10.6. The predicted molar refractivity (Wildman–Crippen MR) is 68.8 cm³/mol. The summed E-state index contributed by atoms with van der Waals surface area (Å²) in [6.45, 7) is 4.88. The number of amidine groups is 1. The largest absolute Gasteiger partial charge is 0.409 e. The number of oxime groups is 1. The molecule has 1 aliphatic rings. The van der Waals surface area contributed by atoms with Crippen LogP contribution in [0.1, 0.15) is 12.5 Å². The number of aromatic nitrogens is 2. The first-order chi connectivity index (χ1) is 8.63. The molecule has 1 aliphatic heterocycles. The molecule has 1 saturated heterocycles. The second-order valence-corrected chi connectivity index (χ2v) is 4.56. The van der Waals surface area contributed by atoms with Gasteiger partial charge in [-0.1, -0.05) is 5.16 Å². The summed E-state index contributed by atoms with van der Waals surface area (Å²) in [4.78, 5) is 4.40. The van der Waals surface area contributed by atoms with Crippen LogP contribution in [0.15, 0.2) is 17.4 Å². The molecule has 0 radical (unpaired) electrons. The predicted octanol–water partition coefficient (Wildman–Crippen LogP) is -0.289. The van der Waals surface area contributed by atoms with Gasteiger partial charge in [-0.3, -0.25) is 0 Å². The van der Waals surface area contributed by atoms with E-state index < -0.39 is 0 Å². The Labute approximate surface area is 106 Å². The van der Waals surface area contributed by atoms with Gasteiger partial charge in [0.1, 0.15) is 0 Å². The Morgan fingerprint density at radius 1 is 1.56 bits per heavy atom. The lowest BCUT2D eigenvalue weighted by atomic mass is 10.1. The molecule has 0 aliphatic carbocycles. The zero-order chi connectivity index (χ0) is 13.1. The fourth-order valence-corrected chi connectivity index (χ4v) is 2.24. The monoisotopic (exact) mass is 250 g/mol. The third-order valence-electron chi connectivity index (χ3n) is 3.19. The lowest BCUT2D eigenvalue weighted by molar-refractivity contribution is 0.274. The molecular weight excluding hydrogens is 232 g/mol. The summed E-state index contributed by atoms with van der Waals surface area (Å²) in [6, 6.07) is 2.02. The molecule has 1 aromatic rings. The summed E-state index contributed by atoms with van der Waals surface area (Å²) in [7, 11) is 2.09. The van der Waals surface area contributed by atoms with Gasteiger partial charge in [0.25, 0.3) is 0 Å². The first-order valence-electron chi connectivity index (χ1n) is 5.88. The van der Waals surface area contributed by atoms with Crippen molar-refractivity contribution in [1.29, 1.82) is 0 Å². The maximum atomic E-state index is 8.81. The van der Waals surface area contributed by atoms with Crippen molar-refractivity contribution in [3.05, 3.63) is 17.8 Å². The van der Waals surface area contributed by atoms with Crippen LogP contribution < -0.4 is 10.6 Å². The molecule has 7 nitrogen and oxygen atoms in total. The highest BCUT2D eigenvalue weighted by Gasteiger charge is 2.25. The zero-order valence-corrected chi connectivity index (χ0v) is 10.6. The van der Waals surface area contributed by atoms with E-state index in [0.29, 0.717) is 17.4 Å². The van der Waals surface area contributed by atoms with Crippen molar-refractivity contribution >= 4 is 11.7 Å². The van der Waals surface area contributed by atoms with Crippen molar-refractivity contribution in [2.24, 2.45) is 10.9 Å². The molecule has 1 unspecified atom stereocenters. The molecule has 7 heteroatoms. The highest BCUT2D eigenvalue weighted by Crippen LogP contribution is 2.21. The van der Waals surface area contributed by atoms with E-state index in [1.807, 2.05) is 0 Å². The van der Waals surface area contributed by atoms with Crippen LogP contribution >= 0.6 is 0 Å². The smallest absolute Gasteiger partial charge is 0.173 e. The van der Waals surface area contributed by atoms with Crippen molar-refractivity contribution < 1.29 is 5.21 Å². The van der Waals surface area contributed by atoms with Gasteiger partial charge < -0.3 is 20.7 Å². The Balaban J connectivity index is 2.33. The Morgan fingerprint density at radius 3 is 3.00 bits per heavy atom. The average Bonchev–Trinajstić information content (AvgIpc) is 2.38. The Kier molecular flexibility index (Phi) is 3.61. The molecule has 0 spiro atoms. The van der Waals surface area contributed by atoms with E-state index in [0.717, 1.165) is 19.6 Å². The van der Waals surface area contributed by atoms with E-state index >= 15 is 0 Å². The fraction of sp³-hybridized carbons (Fsp3) is 0.545. The standard InChI is InChI=1S/C11H18N6O/c1-8-7-16(2)5-6-17(8)11-9(10(12)15-18)3-4-13-14-11/h3-4,8,18H,5-7H2,1-2H3,(H2,12,15). The second-order valence-electron chi connectivity index (χ2n) is 4.56. The molecule has 3 N–H and O–H groups in total. The Bertz CT molecular complexity index is 449. The van der Waals surface area contributed by atoms with Gasteiger partial charge in [0.05, 0.1) is 11.8 Å². The van der Waals surface area contributed by atoms with Crippen LogP contribution in [0.4, 0.5) is 5.82 Å². The van der Waals surface area contributed by atoms with Crippen molar-refractivity contribution in [1.82, 2.24) is 15.1 Å². The van der Waals surface area contributed by atoms with Gasteiger partial charge >= 0.3 is 0 Å². The molecule has 0 amide bonds. The average molecular weight is 250 g/mol. The quantitative estimate of drug-likeness (QED) is 0.324. The Morgan fingerprint density at radius 2 is 2.33 bits per heavy atom. The van der Waals surface area contributed by atoms with Crippen LogP contribution in [0.3, 0.4) is 0 Å².